The number of ether oxygens (including phenoxy) is 1. The standard InChI is InChI=1S/C14H19N3O3/c1-15-13(14(19)16-2)9-4-5-11-10(8-9)17(3)12(18)6-7-20-11/h4-5,8,13,15H,6-7H2,1-3H3,(H,16,19). The fraction of sp³-hybridized carbons (Fsp3) is 0.429. The van der Waals surface area contributed by atoms with E-state index in [0.29, 0.717) is 24.5 Å². The van der Waals surface area contributed by atoms with Gasteiger partial charge in [0.15, 0.2) is 0 Å². The number of amides is 2. The van der Waals surface area contributed by atoms with Crippen molar-refractivity contribution in [1.82, 2.24) is 10.6 Å². The Hall–Kier alpha value is -2.08. The van der Waals surface area contributed by atoms with Gasteiger partial charge in [-0.25, -0.2) is 0 Å². The van der Waals surface area contributed by atoms with Crippen LogP contribution in [-0.2, 0) is 9.59 Å². The molecule has 1 unspecified atom stereocenters. The number of nitrogens with one attached hydrogen (secondary N) is 2. The Bertz CT molecular complexity index is 530. The van der Waals surface area contributed by atoms with E-state index in [2.05, 4.69) is 10.6 Å². The van der Waals surface area contributed by atoms with Crippen LogP contribution in [0.2, 0.25) is 0 Å². The minimum Gasteiger partial charge on any atom is -0.491 e. The second-order valence-corrected chi connectivity index (χ2v) is 4.61. The zero-order valence-electron chi connectivity index (χ0n) is 11.9. The number of nitrogens with zero attached hydrogens (tertiary/aromatic N) is 1. The van der Waals surface area contributed by atoms with E-state index in [1.54, 1.807) is 32.1 Å². The number of fused-ring (bicyclic) bond motifs is 1. The molecular weight excluding hydrogens is 258 g/mol. The summed E-state index contributed by atoms with van der Waals surface area (Å²) in [5.41, 5.74) is 1.48. The fourth-order valence-corrected chi connectivity index (χ4v) is 2.24. The van der Waals surface area contributed by atoms with E-state index < -0.39 is 6.04 Å². The first-order valence-corrected chi connectivity index (χ1v) is 6.50. The summed E-state index contributed by atoms with van der Waals surface area (Å²) in [7, 11) is 5.03. The van der Waals surface area contributed by atoms with Gasteiger partial charge in [-0.15, -0.1) is 0 Å². The Balaban J connectivity index is 2.41. The highest BCUT2D eigenvalue weighted by Gasteiger charge is 2.23. The Kier molecular flexibility index (Phi) is 4.24. The highest BCUT2D eigenvalue weighted by molar-refractivity contribution is 5.95. The first-order chi connectivity index (χ1) is 9.58. The molecule has 0 spiro atoms. The predicted molar refractivity (Wildman–Crippen MR) is 75.8 cm³/mol. The second-order valence-electron chi connectivity index (χ2n) is 4.61. The summed E-state index contributed by atoms with van der Waals surface area (Å²) < 4.78 is 5.56. The van der Waals surface area contributed by atoms with Gasteiger partial charge in [-0.3, -0.25) is 9.59 Å². The number of likely N-dealkylation sites (N-methyl/N-ethyl adjacent to an activating group) is 2. The molecule has 1 atom stereocenters. The van der Waals surface area contributed by atoms with Crippen LogP contribution in [0.15, 0.2) is 18.2 Å². The Morgan fingerprint density at radius 2 is 2.15 bits per heavy atom. The fourth-order valence-electron chi connectivity index (χ4n) is 2.24. The number of anilines is 1. The maximum absolute atomic E-state index is 11.9. The molecule has 2 rings (SSSR count). The van der Waals surface area contributed by atoms with E-state index in [4.69, 9.17) is 4.74 Å². The number of hydrogen-bond donors (Lipinski definition) is 2. The van der Waals surface area contributed by atoms with Gasteiger partial charge in [0.25, 0.3) is 0 Å². The average molecular weight is 277 g/mol. The molecule has 108 valence electrons. The van der Waals surface area contributed by atoms with E-state index in [0.717, 1.165) is 5.56 Å². The Morgan fingerprint density at radius 3 is 2.80 bits per heavy atom. The third kappa shape index (κ3) is 2.60. The molecule has 6 heteroatoms. The predicted octanol–water partition coefficient (Wildman–Crippen LogP) is 0.438. The molecule has 0 radical (unpaired) electrons. The smallest absolute Gasteiger partial charge is 0.241 e. The van der Waals surface area contributed by atoms with Gasteiger partial charge in [0.2, 0.25) is 11.8 Å². The van der Waals surface area contributed by atoms with Crippen LogP contribution in [-0.4, -0.2) is 39.6 Å². The summed E-state index contributed by atoms with van der Waals surface area (Å²) >= 11 is 0. The quantitative estimate of drug-likeness (QED) is 0.841. The van der Waals surface area contributed by atoms with Crippen molar-refractivity contribution in [3.63, 3.8) is 0 Å². The lowest BCUT2D eigenvalue weighted by Crippen LogP contribution is -2.34. The largest absolute Gasteiger partial charge is 0.491 e. The van der Waals surface area contributed by atoms with Crippen LogP contribution in [0.5, 0.6) is 5.75 Å². The molecular formula is C14H19N3O3. The van der Waals surface area contributed by atoms with Crippen LogP contribution in [0.3, 0.4) is 0 Å². The van der Waals surface area contributed by atoms with Crippen LogP contribution in [0.25, 0.3) is 0 Å². The number of hydrogen-bond acceptors (Lipinski definition) is 4. The first-order valence-electron chi connectivity index (χ1n) is 6.50. The number of carbonyl (C=O) groups excluding carboxylic acids is 2. The van der Waals surface area contributed by atoms with Gasteiger partial charge in [-0.1, -0.05) is 6.07 Å². The lowest BCUT2D eigenvalue weighted by Gasteiger charge is -2.20. The molecule has 0 saturated heterocycles. The molecule has 6 nitrogen and oxygen atoms in total. The van der Waals surface area contributed by atoms with Crippen LogP contribution in [0.1, 0.15) is 18.0 Å². The molecule has 20 heavy (non-hydrogen) atoms. The number of benzene rings is 1. The Labute approximate surface area is 118 Å². The topological polar surface area (TPSA) is 70.7 Å². The normalized spacial score (nSPS) is 15.9. The van der Waals surface area contributed by atoms with Gasteiger partial charge in [0, 0.05) is 14.1 Å². The first kappa shape index (κ1) is 14.3. The molecule has 1 aromatic rings. The van der Waals surface area contributed by atoms with Crippen molar-refractivity contribution in [1.29, 1.82) is 0 Å². The summed E-state index contributed by atoms with van der Waals surface area (Å²) in [5, 5.41) is 5.57. The molecule has 0 aliphatic carbocycles. The van der Waals surface area contributed by atoms with Crippen molar-refractivity contribution in [3.8, 4) is 5.75 Å². The molecule has 0 fully saturated rings. The summed E-state index contributed by atoms with van der Waals surface area (Å²) in [5.74, 6) is 0.534. The monoisotopic (exact) mass is 277 g/mol. The van der Waals surface area contributed by atoms with Crippen LogP contribution in [0.4, 0.5) is 5.69 Å². The van der Waals surface area contributed by atoms with Crippen LogP contribution < -0.4 is 20.3 Å². The van der Waals surface area contributed by atoms with Gasteiger partial charge in [-0.2, -0.15) is 0 Å². The van der Waals surface area contributed by atoms with E-state index >= 15 is 0 Å². The highest BCUT2D eigenvalue weighted by atomic mass is 16.5. The second kappa shape index (κ2) is 5.92. The SMILES string of the molecule is CNC(=O)C(NC)c1ccc2c(c1)N(C)C(=O)CCO2. The molecule has 0 aromatic heterocycles. The average Bonchev–Trinajstić information content (AvgIpc) is 2.60. The van der Waals surface area contributed by atoms with E-state index in [9.17, 15) is 9.59 Å². The van der Waals surface area contributed by atoms with Crippen molar-refractivity contribution < 1.29 is 14.3 Å². The maximum atomic E-state index is 11.9. The third-order valence-electron chi connectivity index (χ3n) is 3.42. The van der Waals surface area contributed by atoms with Crippen LogP contribution >= 0.6 is 0 Å². The van der Waals surface area contributed by atoms with Crippen LogP contribution in [0, 0.1) is 0 Å². The van der Waals surface area contributed by atoms with Gasteiger partial charge < -0.3 is 20.3 Å². The Morgan fingerprint density at radius 1 is 1.40 bits per heavy atom. The van der Waals surface area contributed by atoms with E-state index in [1.807, 2.05) is 12.1 Å². The molecule has 2 N–H and O–H groups in total. The van der Waals surface area contributed by atoms with Crippen molar-refractivity contribution in [2.75, 3.05) is 32.6 Å². The minimum absolute atomic E-state index is 0.00171. The molecule has 1 aromatic carbocycles. The van der Waals surface area contributed by atoms with Crippen molar-refractivity contribution in [2.24, 2.45) is 0 Å². The summed E-state index contributed by atoms with van der Waals surface area (Å²) in [6.45, 7) is 0.375. The molecule has 0 bridgehead atoms. The molecule has 0 saturated carbocycles. The third-order valence-corrected chi connectivity index (χ3v) is 3.42. The molecule has 2 amide bonds. The summed E-state index contributed by atoms with van der Waals surface area (Å²) in [4.78, 5) is 25.3. The van der Waals surface area contributed by atoms with E-state index in [1.165, 1.54) is 0 Å². The minimum atomic E-state index is -0.461. The summed E-state index contributed by atoms with van der Waals surface area (Å²) in [6, 6.07) is 4.98. The number of rotatable bonds is 3. The zero-order valence-corrected chi connectivity index (χ0v) is 11.9. The lowest BCUT2D eigenvalue weighted by atomic mass is 10.0. The van der Waals surface area contributed by atoms with Crippen molar-refractivity contribution in [2.45, 2.75) is 12.5 Å². The lowest BCUT2D eigenvalue weighted by molar-refractivity contribution is -0.122. The molecule has 1 heterocycles. The van der Waals surface area contributed by atoms with Crippen molar-refractivity contribution in [3.05, 3.63) is 23.8 Å². The summed E-state index contributed by atoms with van der Waals surface area (Å²) in [6.07, 6.45) is 0.353. The van der Waals surface area contributed by atoms with Gasteiger partial charge in [0.1, 0.15) is 11.8 Å². The van der Waals surface area contributed by atoms with Gasteiger partial charge in [0.05, 0.1) is 18.7 Å². The zero-order chi connectivity index (χ0) is 14.7. The van der Waals surface area contributed by atoms with E-state index in [-0.39, 0.29) is 11.8 Å². The molecule has 1 aliphatic heterocycles. The highest BCUT2D eigenvalue weighted by Crippen LogP contribution is 2.33. The van der Waals surface area contributed by atoms with Crippen molar-refractivity contribution >= 4 is 17.5 Å². The van der Waals surface area contributed by atoms with Gasteiger partial charge >= 0.3 is 0 Å². The maximum Gasteiger partial charge on any atom is 0.241 e. The number of carbonyl (C=O) groups is 2. The van der Waals surface area contributed by atoms with Gasteiger partial charge in [-0.05, 0) is 24.7 Å². The molecule has 1 aliphatic rings.